The Morgan fingerprint density at radius 2 is 1.84 bits per heavy atom. The Hall–Kier alpha value is -3.44. The van der Waals surface area contributed by atoms with Gasteiger partial charge in [0.15, 0.2) is 0 Å². The van der Waals surface area contributed by atoms with Gasteiger partial charge in [-0.3, -0.25) is 29.4 Å². The van der Waals surface area contributed by atoms with E-state index in [4.69, 9.17) is 9.15 Å². The standard InChI is InChI=1S/C20H17N3O7S/c24-18(21-7-9-29-10-8-21)12-22-19(25)17(31-20(22)26)11-15-5-6-16(30-15)13-1-3-14(4-2-13)23(27)28/h1-6,11H,7-10,12H2/b17-11-. The zero-order valence-electron chi connectivity index (χ0n) is 16.2. The Morgan fingerprint density at radius 1 is 1.13 bits per heavy atom. The Morgan fingerprint density at radius 3 is 2.52 bits per heavy atom. The van der Waals surface area contributed by atoms with E-state index in [2.05, 4.69) is 0 Å². The number of morpholine rings is 1. The van der Waals surface area contributed by atoms with Crippen molar-refractivity contribution in [1.29, 1.82) is 0 Å². The van der Waals surface area contributed by atoms with Gasteiger partial charge in [-0.25, -0.2) is 0 Å². The average molecular weight is 443 g/mol. The van der Waals surface area contributed by atoms with E-state index in [-0.39, 0.29) is 23.0 Å². The maximum Gasteiger partial charge on any atom is 0.294 e. The van der Waals surface area contributed by atoms with Gasteiger partial charge in [-0.15, -0.1) is 0 Å². The van der Waals surface area contributed by atoms with Gasteiger partial charge in [0.25, 0.3) is 16.8 Å². The maximum atomic E-state index is 12.6. The minimum absolute atomic E-state index is 0.0316. The summed E-state index contributed by atoms with van der Waals surface area (Å²) in [5.74, 6) is -0.0450. The lowest BCUT2D eigenvalue weighted by molar-refractivity contribution is -0.384. The van der Waals surface area contributed by atoms with Gasteiger partial charge >= 0.3 is 0 Å². The van der Waals surface area contributed by atoms with Crippen LogP contribution in [-0.4, -0.2) is 64.6 Å². The molecular formula is C20H17N3O7S. The number of rotatable bonds is 5. The van der Waals surface area contributed by atoms with E-state index in [1.165, 1.54) is 18.2 Å². The van der Waals surface area contributed by atoms with Crippen molar-refractivity contribution >= 4 is 40.6 Å². The maximum absolute atomic E-state index is 12.6. The fourth-order valence-electron chi connectivity index (χ4n) is 3.15. The number of nitro benzene ring substituents is 1. The molecule has 0 N–H and O–H groups in total. The second-order valence-corrected chi connectivity index (χ2v) is 7.76. The molecule has 10 nitrogen and oxygen atoms in total. The SMILES string of the molecule is O=C(CN1C(=O)S/C(=C\c2ccc(-c3ccc([N+](=O)[O-])cc3)o2)C1=O)N1CCOCC1. The fraction of sp³-hybridized carbons (Fsp3) is 0.250. The molecule has 1 aromatic heterocycles. The first-order valence-corrected chi connectivity index (χ1v) is 10.2. The number of non-ortho nitro benzene ring substituents is 1. The molecule has 2 aliphatic rings. The van der Waals surface area contributed by atoms with Crippen LogP contribution in [0.2, 0.25) is 0 Å². The van der Waals surface area contributed by atoms with Crippen LogP contribution in [0, 0.1) is 10.1 Å². The Balaban J connectivity index is 1.45. The van der Waals surface area contributed by atoms with Crippen molar-refractivity contribution in [2.75, 3.05) is 32.8 Å². The molecule has 0 saturated carbocycles. The highest BCUT2D eigenvalue weighted by molar-refractivity contribution is 8.18. The topological polar surface area (TPSA) is 123 Å². The van der Waals surface area contributed by atoms with E-state index in [0.717, 1.165) is 16.7 Å². The molecule has 3 heterocycles. The number of carbonyl (C=O) groups excluding carboxylic acids is 3. The third-order valence-electron chi connectivity index (χ3n) is 4.79. The first-order valence-electron chi connectivity index (χ1n) is 9.38. The quantitative estimate of drug-likeness (QED) is 0.393. The normalized spacial score (nSPS) is 18.1. The van der Waals surface area contributed by atoms with Gasteiger partial charge in [-0.1, -0.05) is 0 Å². The molecule has 0 aliphatic carbocycles. The van der Waals surface area contributed by atoms with Crippen LogP contribution in [0.3, 0.4) is 0 Å². The lowest BCUT2D eigenvalue weighted by Crippen LogP contribution is -2.46. The number of imide groups is 1. The molecule has 2 saturated heterocycles. The first-order chi connectivity index (χ1) is 14.9. The molecule has 0 spiro atoms. The molecule has 4 rings (SSSR count). The van der Waals surface area contributed by atoms with Gasteiger partial charge < -0.3 is 14.1 Å². The number of benzene rings is 1. The summed E-state index contributed by atoms with van der Waals surface area (Å²) in [6.45, 7) is 1.42. The van der Waals surface area contributed by atoms with Crippen molar-refractivity contribution in [3.63, 3.8) is 0 Å². The summed E-state index contributed by atoms with van der Waals surface area (Å²) in [5.41, 5.74) is 0.602. The molecule has 0 radical (unpaired) electrons. The summed E-state index contributed by atoms with van der Waals surface area (Å²) >= 11 is 0.744. The van der Waals surface area contributed by atoms with Gasteiger partial charge in [0.1, 0.15) is 18.1 Å². The second kappa shape index (κ2) is 8.74. The van der Waals surface area contributed by atoms with E-state index in [1.54, 1.807) is 29.2 Å². The van der Waals surface area contributed by atoms with Gasteiger partial charge in [0.2, 0.25) is 5.91 Å². The molecule has 0 bridgehead atoms. The zero-order chi connectivity index (χ0) is 22.0. The van der Waals surface area contributed by atoms with Gasteiger partial charge in [-0.2, -0.15) is 0 Å². The highest BCUT2D eigenvalue weighted by atomic mass is 32.2. The van der Waals surface area contributed by atoms with E-state index >= 15 is 0 Å². The van der Waals surface area contributed by atoms with Crippen LogP contribution in [0.5, 0.6) is 0 Å². The third kappa shape index (κ3) is 4.52. The summed E-state index contributed by atoms with van der Waals surface area (Å²) in [6, 6.07) is 9.16. The van der Waals surface area contributed by atoms with Crippen LogP contribution in [0.15, 0.2) is 45.7 Å². The number of hydrogen-bond donors (Lipinski definition) is 0. The molecule has 160 valence electrons. The minimum Gasteiger partial charge on any atom is -0.457 e. The van der Waals surface area contributed by atoms with E-state index in [1.807, 2.05) is 0 Å². The van der Waals surface area contributed by atoms with Crippen LogP contribution in [0.4, 0.5) is 10.5 Å². The summed E-state index contributed by atoms with van der Waals surface area (Å²) in [7, 11) is 0. The van der Waals surface area contributed by atoms with Gasteiger partial charge in [0, 0.05) is 36.9 Å². The van der Waals surface area contributed by atoms with Crippen molar-refractivity contribution < 1.29 is 28.5 Å². The second-order valence-electron chi connectivity index (χ2n) is 6.77. The van der Waals surface area contributed by atoms with E-state index in [0.29, 0.717) is 43.4 Å². The molecule has 31 heavy (non-hydrogen) atoms. The highest BCUT2D eigenvalue weighted by Gasteiger charge is 2.37. The molecule has 3 amide bonds. The monoisotopic (exact) mass is 443 g/mol. The number of carbonyl (C=O) groups is 3. The van der Waals surface area contributed by atoms with Crippen LogP contribution in [0.1, 0.15) is 5.76 Å². The van der Waals surface area contributed by atoms with Gasteiger partial charge in [-0.05, 0) is 36.0 Å². The first kappa shape index (κ1) is 20.8. The lowest BCUT2D eigenvalue weighted by Gasteiger charge is -2.27. The zero-order valence-corrected chi connectivity index (χ0v) is 17.0. The van der Waals surface area contributed by atoms with E-state index < -0.39 is 16.1 Å². The molecule has 2 aromatic rings. The Bertz CT molecular complexity index is 1070. The van der Waals surface area contributed by atoms with Crippen LogP contribution in [0.25, 0.3) is 17.4 Å². The number of nitro groups is 1. The molecule has 1 aromatic carbocycles. The molecular weight excluding hydrogens is 426 g/mol. The smallest absolute Gasteiger partial charge is 0.294 e. The minimum atomic E-state index is -0.551. The highest BCUT2D eigenvalue weighted by Crippen LogP contribution is 2.33. The van der Waals surface area contributed by atoms with Crippen molar-refractivity contribution in [3.8, 4) is 11.3 Å². The predicted octanol–water partition coefficient (Wildman–Crippen LogP) is 2.75. The van der Waals surface area contributed by atoms with Crippen LogP contribution >= 0.6 is 11.8 Å². The Labute approximate surface area is 180 Å². The van der Waals surface area contributed by atoms with Crippen molar-refractivity contribution in [1.82, 2.24) is 9.80 Å². The largest absolute Gasteiger partial charge is 0.457 e. The molecule has 2 fully saturated rings. The summed E-state index contributed by atoms with van der Waals surface area (Å²) in [4.78, 5) is 50.2. The summed E-state index contributed by atoms with van der Waals surface area (Å²) < 4.78 is 10.9. The molecule has 2 aliphatic heterocycles. The molecule has 0 unspecified atom stereocenters. The number of amides is 3. The average Bonchev–Trinajstić information content (AvgIpc) is 3.35. The van der Waals surface area contributed by atoms with Crippen molar-refractivity contribution in [2.45, 2.75) is 0 Å². The van der Waals surface area contributed by atoms with Gasteiger partial charge in [0.05, 0.1) is 23.0 Å². The van der Waals surface area contributed by atoms with Crippen molar-refractivity contribution in [3.05, 3.63) is 57.2 Å². The molecule has 11 heteroatoms. The third-order valence-corrected chi connectivity index (χ3v) is 5.70. The number of ether oxygens (including phenoxy) is 1. The summed E-state index contributed by atoms with van der Waals surface area (Å²) in [6.07, 6.45) is 1.44. The summed E-state index contributed by atoms with van der Waals surface area (Å²) in [5, 5.41) is 10.3. The Kier molecular flexibility index (Phi) is 5.87. The number of furan rings is 1. The molecule has 0 atom stereocenters. The van der Waals surface area contributed by atoms with Crippen molar-refractivity contribution in [2.24, 2.45) is 0 Å². The number of hydrogen-bond acceptors (Lipinski definition) is 8. The lowest BCUT2D eigenvalue weighted by atomic mass is 10.1. The fourth-order valence-corrected chi connectivity index (χ4v) is 3.96. The predicted molar refractivity (Wildman–Crippen MR) is 111 cm³/mol. The van der Waals surface area contributed by atoms with Crippen LogP contribution < -0.4 is 0 Å². The number of nitrogens with zero attached hydrogens (tertiary/aromatic N) is 3. The number of thioether (sulfide) groups is 1. The van der Waals surface area contributed by atoms with Crippen LogP contribution in [-0.2, 0) is 14.3 Å². The van der Waals surface area contributed by atoms with E-state index in [9.17, 15) is 24.5 Å².